The molecule has 0 bridgehead atoms. The van der Waals surface area contributed by atoms with E-state index in [0.717, 1.165) is 37.8 Å². The van der Waals surface area contributed by atoms with E-state index in [4.69, 9.17) is 9.72 Å². The van der Waals surface area contributed by atoms with E-state index in [1.165, 1.54) is 12.8 Å². The van der Waals surface area contributed by atoms with E-state index < -0.39 is 0 Å². The summed E-state index contributed by atoms with van der Waals surface area (Å²) >= 11 is 1.57. The summed E-state index contributed by atoms with van der Waals surface area (Å²) in [6, 6.07) is 15.9. The molecular formula is C29H26N4O3S. The minimum absolute atomic E-state index is 0.130. The van der Waals surface area contributed by atoms with Crippen molar-refractivity contribution in [1.82, 2.24) is 14.8 Å². The lowest BCUT2D eigenvalue weighted by molar-refractivity contribution is -0.0286. The van der Waals surface area contributed by atoms with Crippen molar-refractivity contribution in [3.05, 3.63) is 77.1 Å². The van der Waals surface area contributed by atoms with Gasteiger partial charge in [0, 0.05) is 35.2 Å². The Balaban J connectivity index is 1.19. The van der Waals surface area contributed by atoms with E-state index in [2.05, 4.69) is 11.2 Å². The van der Waals surface area contributed by atoms with Crippen LogP contribution >= 0.6 is 11.3 Å². The molecule has 0 atom stereocenters. The van der Waals surface area contributed by atoms with E-state index in [-0.39, 0.29) is 17.7 Å². The van der Waals surface area contributed by atoms with Gasteiger partial charge in [0.2, 0.25) is 0 Å². The third-order valence-electron chi connectivity index (χ3n) is 7.40. The number of benzene rings is 1. The minimum Gasteiger partial charge on any atom is -0.377 e. The number of hydrogen-bond acceptors (Lipinski definition) is 6. The summed E-state index contributed by atoms with van der Waals surface area (Å²) in [5.74, 6) is 0.689. The maximum atomic E-state index is 13.8. The summed E-state index contributed by atoms with van der Waals surface area (Å²) in [7, 11) is 0. The van der Waals surface area contributed by atoms with Crippen molar-refractivity contribution in [3.63, 3.8) is 0 Å². The summed E-state index contributed by atoms with van der Waals surface area (Å²) in [5, 5.41) is 4.46. The van der Waals surface area contributed by atoms with Crippen molar-refractivity contribution >= 4 is 28.7 Å². The smallest absolute Gasteiger partial charge is 0.276 e. The maximum Gasteiger partial charge on any atom is 0.276 e. The van der Waals surface area contributed by atoms with Gasteiger partial charge in [-0.25, -0.2) is 4.98 Å². The Morgan fingerprint density at radius 3 is 2.76 bits per heavy atom. The lowest BCUT2D eigenvalue weighted by atomic mass is 10.1. The summed E-state index contributed by atoms with van der Waals surface area (Å²) in [5.41, 5.74) is 5.00. The van der Waals surface area contributed by atoms with Crippen molar-refractivity contribution in [1.29, 1.82) is 0 Å². The van der Waals surface area contributed by atoms with E-state index in [9.17, 15) is 9.59 Å². The van der Waals surface area contributed by atoms with Crippen LogP contribution < -0.4 is 4.90 Å². The van der Waals surface area contributed by atoms with Gasteiger partial charge in [0.25, 0.3) is 5.91 Å². The number of aromatic nitrogens is 3. The minimum atomic E-state index is -0.130. The van der Waals surface area contributed by atoms with Crippen LogP contribution in [0.25, 0.3) is 21.7 Å². The first-order valence-electron chi connectivity index (χ1n) is 12.8. The zero-order valence-corrected chi connectivity index (χ0v) is 21.1. The fraction of sp³-hybridized carbons (Fsp3) is 0.310. The fourth-order valence-corrected chi connectivity index (χ4v) is 6.22. The van der Waals surface area contributed by atoms with Crippen LogP contribution in [-0.4, -0.2) is 46.2 Å². The first-order valence-corrected chi connectivity index (χ1v) is 13.6. The van der Waals surface area contributed by atoms with Crippen LogP contribution in [0, 0.1) is 5.92 Å². The van der Waals surface area contributed by atoms with E-state index in [1.807, 2.05) is 52.2 Å². The number of carbonyl (C=O) groups excluding carboxylic acids is 2. The van der Waals surface area contributed by atoms with Gasteiger partial charge in [-0.1, -0.05) is 24.3 Å². The van der Waals surface area contributed by atoms with Crippen LogP contribution in [0.5, 0.6) is 0 Å². The summed E-state index contributed by atoms with van der Waals surface area (Å²) in [6.45, 7) is 1.87. The molecule has 2 fully saturated rings. The molecule has 186 valence electrons. The largest absolute Gasteiger partial charge is 0.377 e. The van der Waals surface area contributed by atoms with Gasteiger partial charge in [-0.15, -0.1) is 11.3 Å². The Bertz CT molecular complexity index is 1510. The molecule has 3 aliphatic rings. The number of amides is 1. The molecule has 1 saturated heterocycles. The molecule has 0 unspecified atom stereocenters. The van der Waals surface area contributed by atoms with Crippen molar-refractivity contribution < 1.29 is 14.3 Å². The number of hydrogen-bond donors (Lipinski definition) is 0. The van der Waals surface area contributed by atoms with Crippen LogP contribution in [0.1, 0.15) is 51.0 Å². The third-order valence-corrected chi connectivity index (χ3v) is 8.66. The van der Waals surface area contributed by atoms with Crippen LogP contribution in [-0.2, 0) is 11.2 Å². The van der Waals surface area contributed by atoms with Crippen LogP contribution in [0.3, 0.4) is 0 Å². The average Bonchev–Trinajstić information content (AvgIpc) is 3.44. The molecule has 8 heteroatoms. The van der Waals surface area contributed by atoms with Crippen LogP contribution in [0.15, 0.2) is 60.9 Å². The Kier molecular flexibility index (Phi) is 5.52. The van der Waals surface area contributed by atoms with Crippen LogP contribution in [0.2, 0.25) is 0 Å². The monoisotopic (exact) mass is 510 g/mol. The normalized spacial score (nSPS) is 17.0. The number of ketones is 1. The van der Waals surface area contributed by atoms with Crippen LogP contribution in [0.4, 0.5) is 5.69 Å². The van der Waals surface area contributed by atoms with Gasteiger partial charge in [0.05, 0.1) is 41.7 Å². The highest BCUT2D eigenvalue weighted by Crippen LogP contribution is 2.43. The Morgan fingerprint density at radius 1 is 1.08 bits per heavy atom. The first-order chi connectivity index (χ1) is 18.1. The zero-order valence-electron chi connectivity index (χ0n) is 20.3. The molecule has 1 amide bonds. The van der Waals surface area contributed by atoms with Gasteiger partial charge >= 0.3 is 0 Å². The number of carbonyl (C=O) groups is 2. The standard InChI is InChI=1S/C29H26N4O3S/c34-26(12-18-8-9-18)27-13-19-10-11-32(25-7-2-1-4-22(25)28(19)37-27)29(35)24-6-3-5-23(31-24)20-14-30-33(15-20)21-16-36-17-21/h1-7,13-15,18,21H,8-12,16-17H2. The van der Waals surface area contributed by atoms with E-state index in [0.29, 0.717) is 44.2 Å². The predicted molar refractivity (Wildman–Crippen MR) is 142 cm³/mol. The highest BCUT2D eigenvalue weighted by atomic mass is 32.1. The number of para-hydroxylation sites is 1. The topological polar surface area (TPSA) is 77.3 Å². The van der Waals surface area contributed by atoms with Gasteiger partial charge < -0.3 is 9.64 Å². The highest BCUT2D eigenvalue weighted by molar-refractivity contribution is 7.17. The zero-order chi connectivity index (χ0) is 24.9. The molecule has 4 aromatic rings. The van der Waals surface area contributed by atoms with Gasteiger partial charge in [0.1, 0.15) is 5.69 Å². The van der Waals surface area contributed by atoms with Crippen molar-refractivity contribution in [3.8, 4) is 21.7 Å². The average molecular weight is 511 g/mol. The van der Waals surface area contributed by atoms with E-state index >= 15 is 0 Å². The molecule has 7 nitrogen and oxygen atoms in total. The Morgan fingerprint density at radius 2 is 1.95 bits per heavy atom. The van der Waals surface area contributed by atoms with E-state index in [1.54, 1.807) is 23.6 Å². The molecule has 1 aromatic carbocycles. The molecule has 0 spiro atoms. The summed E-state index contributed by atoms with van der Waals surface area (Å²) in [6.07, 6.45) is 7.44. The number of pyridine rings is 1. The molecule has 7 rings (SSSR count). The Hall–Kier alpha value is -3.62. The summed E-state index contributed by atoms with van der Waals surface area (Å²) in [4.78, 5) is 35.1. The first kappa shape index (κ1) is 22.6. The maximum absolute atomic E-state index is 13.8. The van der Waals surface area contributed by atoms with Gasteiger partial charge in [-0.05, 0) is 55.0 Å². The van der Waals surface area contributed by atoms with Gasteiger partial charge in [0.15, 0.2) is 5.78 Å². The van der Waals surface area contributed by atoms with Gasteiger partial charge in [-0.2, -0.15) is 5.10 Å². The number of rotatable bonds is 6. The number of nitrogens with zero attached hydrogens (tertiary/aromatic N) is 4. The molecule has 1 aliphatic carbocycles. The second-order valence-corrected chi connectivity index (χ2v) is 11.1. The SMILES string of the molecule is O=C(CC1CC1)c1cc2c(s1)-c1ccccc1N(C(=O)c1cccc(-c3cnn(C4COC4)c3)n1)CC2. The van der Waals surface area contributed by atoms with Crippen molar-refractivity contribution in [2.75, 3.05) is 24.7 Å². The number of anilines is 1. The van der Waals surface area contributed by atoms with Crippen molar-refractivity contribution in [2.24, 2.45) is 5.92 Å². The number of thiophene rings is 1. The highest BCUT2D eigenvalue weighted by Gasteiger charge is 2.30. The quantitative estimate of drug-likeness (QED) is 0.323. The summed E-state index contributed by atoms with van der Waals surface area (Å²) < 4.78 is 7.18. The molecule has 0 radical (unpaired) electrons. The number of fused-ring (bicyclic) bond motifs is 3. The van der Waals surface area contributed by atoms with Crippen molar-refractivity contribution in [2.45, 2.75) is 31.7 Å². The second-order valence-electron chi connectivity index (χ2n) is 10.1. The van der Waals surface area contributed by atoms with Gasteiger partial charge in [-0.3, -0.25) is 14.3 Å². The molecule has 5 heterocycles. The number of Topliss-reactive ketones (excluding diaryl/α,β-unsaturated/α-hetero) is 1. The molecule has 1 saturated carbocycles. The molecule has 2 aliphatic heterocycles. The second kappa shape index (κ2) is 9.04. The third kappa shape index (κ3) is 4.20. The molecule has 37 heavy (non-hydrogen) atoms. The molecular weight excluding hydrogens is 484 g/mol. The lowest BCUT2D eigenvalue weighted by Crippen LogP contribution is -2.33. The fourth-order valence-electron chi connectivity index (χ4n) is 5.03. The number of ether oxygens (including phenoxy) is 1. The molecule has 0 N–H and O–H groups in total. The Labute approximate surface area is 218 Å². The lowest BCUT2D eigenvalue weighted by Gasteiger charge is -2.25. The molecule has 3 aromatic heterocycles. The predicted octanol–water partition coefficient (Wildman–Crippen LogP) is 5.43.